The molecule has 1 saturated heterocycles. The summed E-state index contributed by atoms with van der Waals surface area (Å²) in [6.45, 7) is 9.32. The molecule has 4 nitrogen and oxygen atoms in total. The van der Waals surface area contributed by atoms with Crippen LogP contribution in [-0.4, -0.2) is 44.1 Å². The number of rotatable bonds is 8. The van der Waals surface area contributed by atoms with Crippen LogP contribution in [0.4, 0.5) is 0 Å². The van der Waals surface area contributed by atoms with Crippen LogP contribution < -0.4 is 9.64 Å². The van der Waals surface area contributed by atoms with Crippen LogP contribution in [0.25, 0.3) is 0 Å². The van der Waals surface area contributed by atoms with Crippen LogP contribution in [0.5, 0.6) is 5.75 Å². The number of ether oxygens (including phenoxy) is 1. The van der Waals surface area contributed by atoms with Crippen LogP contribution in [0.15, 0.2) is 54.6 Å². The van der Waals surface area contributed by atoms with Crippen molar-refractivity contribution in [3.63, 3.8) is 0 Å². The van der Waals surface area contributed by atoms with E-state index in [1.807, 2.05) is 19.1 Å². The van der Waals surface area contributed by atoms with Gasteiger partial charge in [0, 0.05) is 37.3 Å². The molecule has 1 N–H and O–H groups in total. The number of nitrogens with one attached hydrogen (secondary N) is 1. The second-order valence-corrected chi connectivity index (χ2v) is 9.35. The van der Waals surface area contributed by atoms with Crippen molar-refractivity contribution >= 4 is 5.91 Å². The molecular weight excluding hydrogens is 384 g/mol. The molecule has 1 unspecified atom stereocenters. The number of benzene rings is 2. The van der Waals surface area contributed by atoms with Crippen molar-refractivity contribution < 1.29 is 14.4 Å². The van der Waals surface area contributed by atoms with Gasteiger partial charge in [0.25, 0.3) is 0 Å². The monoisotopic (exact) mass is 423 g/mol. The normalized spacial score (nSPS) is 25.8. The molecule has 1 fully saturated rings. The Hall–Kier alpha value is -2.33. The van der Waals surface area contributed by atoms with E-state index in [2.05, 4.69) is 68.3 Å². The van der Waals surface area contributed by atoms with Crippen LogP contribution in [0.2, 0.25) is 0 Å². The molecule has 1 amide bonds. The summed E-state index contributed by atoms with van der Waals surface area (Å²) in [5.41, 5.74) is 2.67. The summed E-state index contributed by atoms with van der Waals surface area (Å²) < 4.78 is 5.28. The number of amides is 1. The summed E-state index contributed by atoms with van der Waals surface area (Å²) in [5, 5.41) is 0. The Morgan fingerprint density at radius 3 is 2.42 bits per heavy atom. The Balaban J connectivity index is 1.84. The van der Waals surface area contributed by atoms with Gasteiger partial charge in [-0.1, -0.05) is 56.3 Å². The molecule has 4 heteroatoms. The molecule has 2 aromatic rings. The molecule has 0 aromatic heterocycles. The summed E-state index contributed by atoms with van der Waals surface area (Å²) in [4.78, 5) is 16.5. The first-order chi connectivity index (χ1) is 14.9. The van der Waals surface area contributed by atoms with E-state index in [0.717, 1.165) is 37.2 Å². The molecule has 0 bridgehead atoms. The second kappa shape index (κ2) is 10.3. The van der Waals surface area contributed by atoms with Gasteiger partial charge in [0.2, 0.25) is 5.91 Å². The highest BCUT2D eigenvalue weighted by Crippen LogP contribution is 2.41. The van der Waals surface area contributed by atoms with E-state index >= 15 is 0 Å². The molecule has 0 saturated carbocycles. The maximum atomic E-state index is 12.8. The number of carbonyl (C=O) groups excluding carboxylic acids is 1. The Morgan fingerprint density at radius 2 is 1.81 bits per heavy atom. The molecule has 168 valence electrons. The molecule has 0 spiro atoms. The van der Waals surface area contributed by atoms with Crippen molar-refractivity contribution in [1.82, 2.24) is 4.90 Å². The standard InChI is InChI=1S/C27H38N2O2/c1-6-26(30)29(20-23-12-14-25(31-5)15-13-23)17-16-27(24-10-8-7-9-11-24)18-22(3)28(4)19-21(27)2/h7-15,21-22H,6,16-20H2,1-5H3/p+1/t21-,22+,27-/m0/s1. The largest absolute Gasteiger partial charge is 0.497 e. The van der Waals surface area contributed by atoms with E-state index in [1.54, 1.807) is 12.0 Å². The van der Waals surface area contributed by atoms with Gasteiger partial charge in [0.05, 0.1) is 26.7 Å². The highest BCUT2D eigenvalue weighted by molar-refractivity contribution is 5.75. The lowest BCUT2D eigenvalue weighted by atomic mass is 9.63. The lowest BCUT2D eigenvalue weighted by Gasteiger charge is -2.48. The van der Waals surface area contributed by atoms with E-state index in [4.69, 9.17) is 4.74 Å². The summed E-state index contributed by atoms with van der Waals surface area (Å²) in [6.07, 6.45) is 2.69. The van der Waals surface area contributed by atoms with Crippen LogP contribution in [0.1, 0.15) is 51.2 Å². The molecule has 2 aromatic carbocycles. The zero-order valence-electron chi connectivity index (χ0n) is 19.9. The third-order valence-electron chi connectivity index (χ3n) is 7.45. The van der Waals surface area contributed by atoms with Crippen molar-refractivity contribution in [1.29, 1.82) is 0 Å². The van der Waals surface area contributed by atoms with E-state index in [9.17, 15) is 4.79 Å². The van der Waals surface area contributed by atoms with Gasteiger partial charge in [-0.15, -0.1) is 0 Å². The van der Waals surface area contributed by atoms with E-state index in [0.29, 0.717) is 24.9 Å². The Kier molecular flexibility index (Phi) is 7.77. The molecule has 1 heterocycles. The van der Waals surface area contributed by atoms with Crippen molar-refractivity contribution in [2.75, 3.05) is 27.2 Å². The number of carbonyl (C=O) groups is 1. The van der Waals surface area contributed by atoms with Gasteiger partial charge in [-0.05, 0) is 36.6 Å². The minimum atomic E-state index is 0.104. The minimum Gasteiger partial charge on any atom is -0.497 e. The smallest absolute Gasteiger partial charge is 0.222 e. The number of hydrogen-bond acceptors (Lipinski definition) is 2. The third-order valence-corrected chi connectivity index (χ3v) is 7.45. The molecular formula is C27H39N2O2+. The molecule has 1 aliphatic heterocycles. The fourth-order valence-electron chi connectivity index (χ4n) is 5.27. The quantitative estimate of drug-likeness (QED) is 0.702. The van der Waals surface area contributed by atoms with Gasteiger partial charge >= 0.3 is 0 Å². The second-order valence-electron chi connectivity index (χ2n) is 9.35. The summed E-state index contributed by atoms with van der Waals surface area (Å²) in [6, 6.07) is 19.7. The maximum Gasteiger partial charge on any atom is 0.222 e. The highest BCUT2D eigenvalue weighted by atomic mass is 16.5. The molecule has 0 radical (unpaired) electrons. The van der Waals surface area contributed by atoms with Gasteiger partial charge in [-0.2, -0.15) is 0 Å². The number of nitrogens with zero attached hydrogens (tertiary/aromatic N) is 1. The van der Waals surface area contributed by atoms with Gasteiger partial charge in [-0.3, -0.25) is 4.79 Å². The highest BCUT2D eigenvalue weighted by Gasteiger charge is 2.46. The van der Waals surface area contributed by atoms with Gasteiger partial charge in [0.15, 0.2) is 0 Å². The van der Waals surface area contributed by atoms with Crippen LogP contribution in [0.3, 0.4) is 0 Å². The lowest BCUT2D eigenvalue weighted by molar-refractivity contribution is -0.915. The average Bonchev–Trinajstić information content (AvgIpc) is 2.80. The average molecular weight is 424 g/mol. The molecule has 1 aliphatic rings. The number of methoxy groups -OCH3 is 1. The number of hydrogen-bond donors (Lipinski definition) is 1. The van der Waals surface area contributed by atoms with E-state index in [1.165, 1.54) is 5.56 Å². The fraction of sp³-hybridized carbons (Fsp3) is 0.519. The molecule has 0 aliphatic carbocycles. The number of likely N-dealkylation sites (tertiary alicyclic amines) is 1. The topological polar surface area (TPSA) is 34.0 Å². The van der Waals surface area contributed by atoms with E-state index in [-0.39, 0.29) is 11.3 Å². The summed E-state index contributed by atoms with van der Waals surface area (Å²) in [7, 11) is 3.99. The predicted octanol–water partition coefficient (Wildman–Crippen LogP) is 3.70. The number of quaternary nitrogens is 1. The molecule has 4 atom stereocenters. The van der Waals surface area contributed by atoms with Crippen molar-refractivity contribution in [3.8, 4) is 5.75 Å². The summed E-state index contributed by atoms with van der Waals surface area (Å²) >= 11 is 0. The van der Waals surface area contributed by atoms with Crippen LogP contribution in [-0.2, 0) is 16.8 Å². The third kappa shape index (κ3) is 5.30. The van der Waals surface area contributed by atoms with Crippen LogP contribution in [0, 0.1) is 5.92 Å². The molecule has 3 rings (SSSR count). The van der Waals surface area contributed by atoms with Gasteiger partial charge < -0.3 is 14.5 Å². The van der Waals surface area contributed by atoms with Crippen LogP contribution >= 0.6 is 0 Å². The predicted molar refractivity (Wildman–Crippen MR) is 126 cm³/mol. The Labute approximate surface area is 188 Å². The molecule has 31 heavy (non-hydrogen) atoms. The first-order valence-corrected chi connectivity index (χ1v) is 11.7. The van der Waals surface area contributed by atoms with E-state index < -0.39 is 0 Å². The SMILES string of the molecule is CCC(=O)N(CC[C@]1(c2ccccc2)C[C@@H](C)[NH+](C)C[C@@H]1C)Cc1ccc(OC)cc1. The first-order valence-electron chi connectivity index (χ1n) is 11.7. The zero-order chi connectivity index (χ0) is 22.4. The zero-order valence-corrected chi connectivity index (χ0v) is 19.9. The maximum absolute atomic E-state index is 12.8. The summed E-state index contributed by atoms with van der Waals surface area (Å²) in [5.74, 6) is 1.63. The Bertz CT molecular complexity index is 836. The number of piperidine rings is 1. The first kappa shape index (κ1) is 23.3. The minimum absolute atomic E-state index is 0.104. The van der Waals surface area contributed by atoms with Crippen molar-refractivity contribution in [2.24, 2.45) is 5.92 Å². The lowest BCUT2D eigenvalue weighted by Crippen LogP contribution is -3.15. The Morgan fingerprint density at radius 1 is 1.13 bits per heavy atom. The van der Waals surface area contributed by atoms with Gasteiger partial charge in [0.1, 0.15) is 5.75 Å². The fourth-order valence-corrected chi connectivity index (χ4v) is 5.27. The van der Waals surface area contributed by atoms with Gasteiger partial charge in [-0.25, -0.2) is 0 Å². The van der Waals surface area contributed by atoms with Crippen molar-refractivity contribution in [2.45, 2.75) is 58.0 Å². The van der Waals surface area contributed by atoms with Crippen molar-refractivity contribution in [3.05, 3.63) is 65.7 Å².